The predicted octanol–water partition coefficient (Wildman–Crippen LogP) is 1.59. The third-order valence-corrected chi connectivity index (χ3v) is 4.81. The number of H-pyrrole nitrogens is 1. The van der Waals surface area contributed by atoms with Crippen LogP contribution in [-0.2, 0) is 16.1 Å². The van der Waals surface area contributed by atoms with Gasteiger partial charge in [-0.3, -0.25) is 19.1 Å². The van der Waals surface area contributed by atoms with Crippen molar-refractivity contribution in [2.24, 2.45) is 0 Å². The Morgan fingerprint density at radius 1 is 1.20 bits per heavy atom. The van der Waals surface area contributed by atoms with Gasteiger partial charge in [0.25, 0.3) is 5.56 Å². The van der Waals surface area contributed by atoms with Crippen molar-refractivity contribution >= 4 is 17.4 Å². The van der Waals surface area contributed by atoms with Gasteiger partial charge in [-0.15, -0.1) is 0 Å². The summed E-state index contributed by atoms with van der Waals surface area (Å²) in [6.07, 6.45) is 0.674. The van der Waals surface area contributed by atoms with Crippen LogP contribution in [0.2, 0.25) is 0 Å². The van der Waals surface area contributed by atoms with Crippen LogP contribution >= 0.6 is 0 Å². The van der Waals surface area contributed by atoms with E-state index in [0.717, 1.165) is 11.1 Å². The van der Waals surface area contributed by atoms with E-state index in [9.17, 15) is 14.4 Å². The molecule has 0 atom stereocenters. The quantitative estimate of drug-likeness (QED) is 0.605. The zero-order valence-corrected chi connectivity index (χ0v) is 18.0. The van der Waals surface area contributed by atoms with Crippen molar-refractivity contribution in [3.63, 3.8) is 0 Å². The first-order valence-corrected chi connectivity index (χ1v) is 9.92. The molecule has 1 heterocycles. The molecule has 0 aliphatic rings. The lowest BCUT2D eigenvalue weighted by atomic mass is 10.1. The van der Waals surface area contributed by atoms with Crippen LogP contribution in [0.25, 0.3) is 0 Å². The molecule has 0 saturated carbocycles. The zero-order chi connectivity index (χ0) is 22.3. The Morgan fingerprint density at radius 2 is 1.93 bits per heavy atom. The fraction of sp³-hybridized carbons (Fsp3) is 0.476. The van der Waals surface area contributed by atoms with E-state index in [1.54, 1.807) is 0 Å². The van der Waals surface area contributed by atoms with Gasteiger partial charge in [-0.1, -0.05) is 13.0 Å². The molecule has 1 aromatic heterocycles. The van der Waals surface area contributed by atoms with Crippen LogP contribution in [0.1, 0.15) is 30.9 Å². The van der Waals surface area contributed by atoms with Gasteiger partial charge in [0.05, 0.1) is 19.6 Å². The van der Waals surface area contributed by atoms with Gasteiger partial charge in [-0.2, -0.15) is 0 Å². The molecule has 164 valence electrons. The number of methoxy groups -OCH3 is 1. The van der Waals surface area contributed by atoms with Crippen LogP contribution in [0.4, 0.5) is 11.5 Å². The van der Waals surface area contributed by atoms with Crippen LogP contribution in [0.3, 0.4) is 0 Å². The molecule has 9 heteroatoms. The SMILES string of the molecule is CCCn1c(N)c(N(CCOC)C(=O)CCOc2ccc(C)c(C)c2)c(=O)[nH]c1=O. The summed E-state index contributed by atoms with van der Waals surface area (Å²) in [4.78, 5) is 41.0. The summed E-state index contributed by atoms with van der Waals surface area (Å²) >= 11 is 0. The van der Waals surface area contributed by atoms with E-state index < -0.39 is 11.2 Å². The maximum Gasteiger partial charge on any atom is 0.330 e. The Labute approximate surface area is 175 Å². The second kappa shape index (κ2) is 10.6. The number of hydrogen-bond donors (Lipinski definition) is 2. The van der Waals surface area contributed by atoms with Gasteiger partial charge in [0.2, 0.25) is 5.91 Å². The van der Waals surface area contributed by atoms with Gasteiger partial charge < -0.3 is 20.1 Å². The number of aryl methyl sites for hydroxylation is 2. The number of aromatic amines is 1. The summed E-state index contributed by atoms with van der Waals surface area (Å²) in [5, 5.41) is 0. The lowest BCUT2D eigenvalue weighted by molar-refractivity contribution is -0.119. The van der Waals surface area contributed by atoms with E-state index in [-0.39, 0.29) is 43.6 Å². The molecule has 30 heavy (non-hydrogen) atoms. The number of carbonyl (C=O) groups excluding carboxylic acids is 1. The number of anilines is 2. The number of hydrogen-bond acceptors (Lipinski definition) is 6. The van der Waals surface area contributed by atoms with E-state index in [1.807, 2.05) is 39.0 Å². The number of nitrogens with two attached hydrogens (primary N) is 1. The van der Waals surface area contributed by atoms with Crippen molar-refractivity contribution in [3.8, 4) is 5.75 Å². The van der Waals surface area contributed by atoms with E-state index in [0.29, 0.717) is 18.7 Å². The molecule has 0 bridgehead atoms. The molecule has 9 nitrogen and oxygen atoms in total. The molecule has 2 aromatic rings. The fourth-order valence-corrected chi connectivity index (χ4v) is 3.02. The molecule has 0 radical (unpaired) electrons. The number of carbonyl (C=O) groups is 1. The minimum Gasteiger partial charge on any atom is -0.493 e. The Hall–Kier alpha value is -3.07. The molecule has 0 spiro atoms. The molecular weight excluding hydrogens is 388 g/mol. The number of benzene rings is 1. The second-order valence-corrected chi connectivity index (χ2v) is 7.03. The lowest BCUT2D eigenvalue weighted by Crippen LogP contribution is -2.42. The van der Waals surface area contributed by atoms with E-state index in [2.05, 4.69) is 4.98 Å². The van der Waals surface area contributed by atoms with Crippen LogP contribution in [0.15, 0.2) is 27.8 Å². The number of nitrogens with one attached hydrogen (secondary N) is 1. The van der Waals surface area contributed by atoms with Gasteiger partial charge in [0, 0.05) is 20.2 Å². The third-order valence-electron chi connectivity index (χ3n) is 4.81. The largest absolute Gasteiger partial charge is 0.493 e. The highest BCUT2D eigenvalue weighted by Gasteiger charge is 2.24. The van der Waals surface area contributed by atoms with E-state index in [1.165, 1.54) is 16.6 Å². The minimum absolute atomic E-state index is 0.0302. The van der Waals surface area contributed by atoms with Crippen molar-refractivity contribution < 1.29 is 14.3 Å². The van der Waals surface area contributed by atoms with Gasteiger partial charge in [-0.05, 0) is 43.5 Å². The predicted molar refractivity (Wildman–Crippen MR) is 116 cm³/mol. The maximum atomic E-state index is 12.9. The number of nitrogen functional groups attached to an aromatic ring is 1. The Morgan fingerprint density at radius 3 is 2.57 bits per heavy atom. The van der Waals surface area contributed by atoms with Crippen molar-refractivity contribution in [2.75, 3.05) is 37.5 Å². The minimum atomic E-state index is -0.704. The van der Waals surface area contributed by atoms with Crippen LogP contribution in [0.5, 0.6) is 5.75 Å². The number of rotatable bonds is 10. The number of ether oxygens (including phenoxy) is 2. The number of aromatic nitrogens is 2. The van der Waals surface area contributed by atoms with Crippen molar-refractivity contribution in [3.05, 3.63) is 50.2 Å². The first-order valence-electron chi connectivity index (χ1n) is 9.92. The molecule has 0 unspecified atom stereocenters. The molecule has 0 aliphatic heterocycles. The standard InChI is InChI=1S/C21H30N4O5/c1-5-9-25-19(22)18(20(27)23-21(25)28)24(10-12-29-4)17(26)8-11-30-16-7-6-14(2)15(3)13-16/h6-7,13H,5,8-12,22H2,1-4H3,(H,23,27,28). The summed E-state index contributed by atoms with van der Waals surface area (Å²) in [7, 11) is 1.50. The first-order chi connectivity index (χ1) is 14.3. The second-order valence-electron chi connectivity index (χ2n) is 7.03. The third kappa shape index (κ3) is 5.50. The molecule has 0 fully saturated rings. The maximum absolute atomic E-state index is 12.9. The summed E-state index contributed by atoms with van der Waals surface area (Å²) in [5.41, 5.74) is 7.01. The molecule has 1 amide bonds. The van der Waals surface area contributed by atoms with E-state index in [4.69, 9.17) is 15.2 Å². The average Bonchev–Trinajstić information content (AvgIpc) is 2.70. The van der Waals surface area contributed by atoms with Gasteiger partial charge in [0.1, 0.15) is 11.6 Å². The highest BCUT2D eigenvalue weighted by Crippen LogP contribution is 2.19. The molecule has 0 aliphatic carbocycles. The Kier molecular flexibility index (Phi) is 8.23. The summed E-state index contributed by atoms with van der Waals surface area (Å²) in [5.74, 6) is 0.281. The molecule has 1 aromatic carbocycles. The summed E-state index contributed by atoms with van der Waals surface area (Å²) in [6.45, 7) is 6.67. The van der Waals surface area contributed by atoms with Crippen LogP contribution in [-0.4, -0.2) is 42.3 Å². The first kappa shape index (κ1) is 23.2. The van der Waals surface area contributed by atoms with Crippen molar-refractivity contribution in [1.29, 1.82) is 0 Å². The normalized spacial score (nSPS) is 10.8. The van der Waals surface area contributed by atoms with Crippen LogP contribution < -0.4 is 26.6 Å². The Bertz CT molecular complexity index is 996. The fourth-order valence-electron chi connectivity index (χ4n) is 3.02. The number of amides is 1. The monoisotopic (exact) mass is 418 g/mol. The highest BCUT2D eigenvalue weighted by molar-refractivity contribution is 5.95. The van der Waals surface area contributed by atoms with E-state index >= 15 is 0 Å². The Balaban J connectivity index is 2.23. The molecule has 3 N–H and O–H groups in total. The lowest BCUT2D eigenvalue weighted by Gasteiger charge is -2.24. The van der Waals surface area contributed by atoms with Gasteiger partial charge in [0.15, 0.2) is 5.69 Å². The summed E-state index contributed by atoms with van der Waals surface area (Å²) < 4.78 is 12.0. The smallest absolute Gasteiger partial charge is 0.330 e. The van der Waals surface area contributed by atoms with Gasteiger partial charge >= 0.3 is 5.69 Å². The number of nitrogens with zero attached hydrogens (tertiary/aromatic N) is 2. The zero-order valence-electron chi connectivity index (χ0n) is 18.0. The van der Waals surface area contributed by atoms with Crippen LogP contribution in [0, 0.1) is 13.8 Å². The molecule has 2 rings (SSSR count). The molecular formula is C21H30N4O5. The van der Waals surface area contributed by atoms with Gasteiger partial charge in [-0.25, -0.2) is 4.79 Å². The molecule has 0 saturated heterocycles. The highest BCUT2D eigenvalue weighted by atomic mass is 16.5. The van der Waals surface area contributed by atoms with Crippen molar-refractivity contribution in [1.82, 2.24) is 9.55 Å². The summed E-state index contributed by atoms with van der Waals surface area (Å²) in [6, 6.07) is 5.71. The topological polar surface area (TPSA) is 120 Å². The average molecular weight is 418 g/mol. The van der Waals surface area contributed by atoms with Crippen molar-refractivity contribution in [2.45, 2.75) is 40.2 Å².